The molecule has 0 spiro atoms. The van der Waals surface area contributed by atoms with Gasteiger partial charge in [-0.2, -0.15) is 0 Å². The van der Waals surface area contributed by atoms with E-state index >= 15 is 0 Å². The molecule has 6 heteroatoms. The second-order valence-electron chi connectivity index (χ2n) is 5.06. The van der Waals surface area contributed by atoms with Crippen LogP contribution in [0, 0.1) is 5.82 Å². The Bertz CT molecular complexity index is 703. The highest BCUT2D eigenvalue weighted by Crippen LogP contribution is 2.33. The molecule has 3 rings (SSSR count). The lowest BCUT2D eigenvalue weighted by molar-refractivity contribution is 0.541. The minimum Gasteiger partial charge on any atom is -0.297 e. The van der Waals surface area contributed by atoms with Gasteiger partial charge in [0, 0.05) is 40.3 Å². The highest BCUT2D eigenvalue weighted by molar-refractivity contribution is 9.09. The van der Waals surface area contributed by atoms with Gasteiger partial charge in [0.1, 0.15) is 5.82 Å². The molecule has 2 nitrogen and oxygen atoms in total. The maximum absolute atomic E-state index is 13.2. The summed E-state index contributed by atoms with van der Waals surface area (Å²) in [5.41, 5.74) is 2.01. The van der Waals surface area contributed by atoms with Crippen molar-refractivity contribution in [3.63, 3.8) is 0 Å². The molecule has 0 saturated carbocycles. The number of imidazole rings is 1. The van der Waals surface area contributed by atoms with Gasteiger partial charge in [-0.05, 0) is 17.7 Å². The Balaban J connectivity index is 1.96. The molecule has 0 bridgehead atoms. The summed E-state index contributed by atoms with van der Waals surface area (Å²) in [6.45, 7) is 0. The number of alkyl halides is 2. The molecule has 110 valence electrons. The van der Waals surface area contributed by atoms with Gasteiger partial charge in [-0.25, -0.2) is 9.37 Å². The number of benzene rings is 1. The summed E-state index contributed by atoms with van der Waals surface area (Å²) in [5, 5.41) is 3.58. The lowest BCUT2D eigenvalue weighted by Gasteiger charge is -2.30. The number of nitrogens with zero attached hydrogens (tertiary/aromatic N) is 2. The predicted octanol–water partition coefficient (Wildman–Crippen LogP) is 4.81. The first-order valence-electron chi connectivity index (χ1n) is 6.46. The molecule has 0 atom stereocenters. The Hall–Kier alpha value is -0.720. The van der Waals surface area contributed by atoms with Crippen LogP contribution in [-0.4, -0.2) is 20.0 Å². The molecule has 2 heterocycles. The van der Waals surface area contributed by atoms with E-state index in [0.29, 0.717) is 0 Å². The molecule has 0 N–H and O–H groups in total. The van der Waals surface area contributed by atoms with Crippen LogP contribution in [0.2, 0.25) is 0 Å². The summed E-state index contributed by atoms with van der Waals surface area (Å²) in [6.07, 6.45) is 4.87. The summed E-state index contributed by atoms with van der Waals surface area (Å²) < 4.78 is 15.2. The average molecular weight is 432 g/mol. The van der Waals surface area contributed by atoms with Gasteiger partial charge in [0.15, 0.2) is 4.96 Å². The van der Waals surface area contributed by atoms with Crippen molar-refractivity contribution in [3.05, 3.63) is 59.1 Å². The Kier molecular flexibility index (Phi) is 4.47. The van der Waals surface area contributed by atoms with Gasteiger partial charge in [-0.15, -0.1) is 11.3 Å². The minimum absolute atomic E-state index is 0.141. The number of halogens is 3. The number of rotatable bonds is 5. The maximum atomic E-state index is 13.2. The second kappa shape index (κ2) is 6.18. The predicted molar refractivity (Wildman–Crippen MR) is 92.4 cm³/mol. The molecule has 1 aromatic carbocycles. The van der Waals surface area contributed by atoms with Crippen molar-refractivity contribution < 1.29 is 4.39 Å². The van der Waals surface area contributed by atoms with Crippen LogP contribution in [0.15, 0.2) is 42.0 Å². The van der Waals surface area contributed by atoms with Crippen LogP contribution in [0.4, 0.5) is 4.39 Å². The first-order valence-corrected chi connectivity index (χ1v) is 9.58. The summed E-state index contributed by atoms with van der Waals surface area (Å²) in [4.78, 5) is 5.66. The third-order valence-electron chi connectivity index (χ3n) is 3.63. The quantitative estimate of drug-likeness (QED) is 0.530. The highest BCUT2D eigenvalue weighted by Gasteiger charge is 2.31. The van der Waals surface area contributed by atoms with Gasteiger partial charge in [-0.1, -0.05) is 44.0 Å². The van der Waals surface area contributed by atoms with Crippen molar-refractivity contribution in [2.75, 3.05) is 10.7 Å². The molecule has 3 aromatic rings. The van der Waals surface area contributed by atoms with Gasteiger partial charge in [0.05, 0.1) is 5.69 Å². The van der Waals surface area contributed by atoms with Crippen molar-refractivity contribution >= 4 is 48.2 Å². The van der Waals surface area contributed by atoms with E-state index in [2.05, 4.69) is 43.0 Å². The van der Waals surface area contributed by atoms with Gasteiger partial charge in [0.25, 0.3) is 0 Å². The van der Waals surface area contributed by atoms with Gasteiger partial charge in [0.2, 0.25) is 0 Å². The van der Waals surface area contributed by atoms with E-state index in [-0.39, 0.29) is 11.2 Å². The van der Waals surface area contributed by atoms with Gasteiger partial charge < -0.3 is 0 Å². The fourth-order valence-electron chi connectivity index (χ4n) is 2.40. The molecule has 0 saturated heterocycles. The smallest absolute Gasteiger partial charge is 0.193 e. The van der Waals surface area contributed by atoms with Crippen LogP contribution >= 0.6 is 43.2 Å². The molecule has 0 unspecified atom stereocenters. The largest absolute Gasteiger partial charge is 0.297 e. The first-order chi connectivity index (χ1) is 10.2. The molecule has 0 aliphatic rings. The van der Waals surface area contributed by atoms with Crippen molar-refractivity contribution in [2.45, 2.75) is 11.8 Å². The van der Waals surface area contributed by atoms with Crippen molar-refractivity contribution in [1.29, 1.82) is 0 Å². The minimum atomic E-state index is -0.209. The zero-order valence-electron chi connectivity index (χ0n) is 11.1. The molecular formula is C15H13Br2FN2S. The van der Waals surface area contributed by atoms with Crippen molar-refractivity contribution in [2.24, 2.45) is 0 Å². The highest BCUT2D eigenvalue weighted by atomic mass is 79.9. The van der Waals surface area contributed by atoms with E-state index < -0.39 is 0 Å². The number of aromatic nitrogens is 2. The fraction of sp³-hybridized carbons (Fsp3) is 0.267. The standard InChI is InChI=1S/C15H13Br2FN2S/c16-9-15(10-17,11-1-3-12(18)4-2-11)7-13-8-20-5-6-21-14(20)19-13/h1-6,8H,7,9-10H2. The fourth-order valence-corrected chi connectivity index (χ4v) is 5.09. The molecule has 0 radical (unpaired) electrons. The van der Waals surface area contributed by atoms with Crippen LogP contribution in [0.5, 0.6) is 0 Å². The molecule has 0 aliphatic heterocycles. The van der Waals surface area contributed by atoms with Crippen LogP contribution in [0.3, 0.4) is 0 Å². The lowest BCUT2D eigenvalue weighted by atomic mass is 9.80. The zero-order chi connectivity index (χ0) is 14.9. The Morgan fingerprint density at radius 1 is 1.19 bits per heavy atom. The van der Waals surface area contributed by atoms with Gasteiger partial charge >= 0.3 is 0 Å². The normalized spacial score (nSPS) is 12.1. The van der Waals surface area contributed by atoms with E-state index in [1.165, 1.54) is 12.1 Å². The lowest BCUT2D eigenvalue weighted by Crippen LogP contribution is -2.33. The van der Waals surface area contributed by atoms with E-state index in [4.69, 9.17) is 0 Å². The topological polar surface area (TPSA) is 17.3 Å². The van der Waals surface area contributed by atoms with Crippen molar-refractivity contribution in [3.8, 4) is 0 Å². The van der Waals surface area contributed by atoms with E-state index in [9.17, 15) is 4.39 Å². The number of hydrogen-bond acceptors (Lipinski definition) is 2. The SMILES string of the molecule is Fc1ccc(C(CBr)(CBr)Cc2cn3ccsc3n2)cc1. The van der Waals surface area contributed by atoms with Crippen LogP contribution in [0.1, 0.15) is 11.3 Å². The number of fused-ring (bicyclic) bond motifs is 1. The molecule has 21 heavy (non-hydrogen) atoms. The third kappa shape index (κ3) is 2.94. The Morgan fingerprint density at radius 2 is 1.90 bits per heavy atom. The molecule has 2 aromatic heterocycles. The third-order valence-corrected chi connectivity index (χ3v) is 6.55. The van der Waals surface area contributed by atoms with Crippen LogP contribution in [0.25, 0.3) is 4.96 Å². The Labute approximate surface area is 143 Å². The van der Waals surface area contributed by atoms with Crippen LogP contribution in [-0.2, 0) is 11.8 Å². The summed E-state index contributed by atoms with van der Waals surface area (Å²) >= 11 is 8.88. The summed E-state index contributed by atoms with van der Waals surface area (Å²) in [5.74, 6) is -0.209. The number of thiazole rings is 1. The van der Waals surface area contributed by atoms with E-state index in [1.54, 1.807) is 11.3 Å². The molecule has 0 aliphatic carbocycles. The first kappa shape index (κ1) is 15.2. The summed E-state index contributed by atoms with van der Waals surface area (Å²) in [7, 11) is 0. The average Bonchev–Trinajstić information content (AvgIpc) is 3.07. The molecular weight excluding hydrogens is 419 g/mol. The maximum Gasteiger partial charge on any atom is 0.193 e. The summed E-state index contributed by atoms with van der Waals surface area (Å²) in [6, 6.07) is 6.74. The Morgan fingerprint density at radius 3 is 2.52 bits per heavy atom. The molecule has 0 amide bonds. The number of hydrogen-bond donors (Lipinski definition) is 0. The van der Waals surface area contributed by atoms with E-state index in [0.717, 1.165) is 33.3 Å². The second-order valence-corrected chi connectivity index (χ2v) is 7.05. The van der Waals surface area contributed by atoms with E-state index in [1.807, 2.05) is 28.1 Å². The van der Waals surface area contributed by atoms with Crippen LogP contribution < -0.4 is 0 Å². The molecule has 0 fully saturated rings. The zero-order valence-corrected chi connectivity index (χ0v) is 15.1. The monoisotopic (exact) mass is 430 g/mol. The van der Waals surface area contributed by atoms with Gasteiger partial charge in [-0.3, -0.25) is 4.40 Å². The van der Waals surface area contributed by atoms with Crippen molar-refractivity contribution in [1.82, 2.24) is 9.38 Å².